The second-order valence-corrected chi connectivity index (χ2v) is 6.32. The minimum atomic E-state index is -4.22. The highest BCUT2D eigenvalue weighted by molar-refractivity contribution is 7.09. The van der Waals surface area contributed by atoms with Gasteiger partial charge in [-0.15, -0.1) is 11.3 Å². The van der Waals surface area contributed by atoms with Crippen LogP contribution in [-0.4, -0.2) is 59.7 Å². The van der Waals surface area contributed by atoms with Gasteiger partial charge in [-0.25, -0.2) is 9.78 Å². The number of halogens is 3. The van der Waals surface area contributed by atoms with Gasteiger partial charge in [0.15, 0.2) is 0 Å². The highest BCUT2D eigenvalue weighted by atomic mass is 32.1. The van der Waals surface area contributed by atoms with Crippen LogP contribution in [0.25, 0.3) is 0 Å². The average molecular weight is 365 g/mol. The van der Waals surface area contributed by atoms with Gasteiger partial charge in [-0.3, -0.25) is 4.79 Å². The van der Waals surface area contributed by atoms with Crippen LogP contribution >= 0.6 is 11.3 Å². The third-order valence-electron chi connectivity index (χ3n) is 3.80. The molecule has 1 aromatic heterocycles. The van der Waals surface area contributed by atoms with Crippen molar-refractivity contribution in [2.75, 3.05) is 26.2 Å². The number of amides is 2. The number of hydrogen-bond donors (Lipinski definition) is 0. The molecule has 0 spiro atoms. The molecule has 0 radical (unpaired) electrons. The molecule has 1 fully saturated rings. The lowest BCUT2D eigenvalue weighted by molar-refractivity contribution is -0.135. The minimum Gasteiger partial charge on any atom is -0.465 e. The van der Waals surface area contributed by atoms with Crippen LogP contribution in [0.4, 0.5) is 18.0 Å². The number of ether oxygens (including phenoxy) is 1. The fraction of sp³-hybridized carbons (Fsp3) is 0.643. The van der Waals surface area contributed by atoms with Crippen molar-refractivity contribution in [2.45, 2.75) is 32.0 Å². The summed E-state index contributed by atoms with van der Waals surface area (Å²) in [5, 5.41) is 0. The summed E-state index contributed by atoms with van der Waals surface area (Å²) in [4.78, 5) is 30.9. The van der Waals surface area contributed by atoms with Crippen molar-refractivity contribution in [3.8, 4) is 0 Å². The summed E-state index contributed by atoms with van der Waals surface area (Å²) < 4.78 is 41.5. The van der Waals surface area contributed by atoms with E-state index in [9.17, 15) is 22.8 Å². The Morgan fingerprint density at radius 2 is 2.21 bits per heavy atom. The van der Waals surface area contributed by atoms with E-state index in [4.69, 9.17) is 4.74 Å². The van der Waals surface area contributed by atoms with E-state index in [-0.39, 0.29) is 25.6 Å². The van der Waals surface area contributed by atoms with E-state index in [1.54, 1.807) is 12.4 Å². The lowest BCUT2D eigenvalue weighted by Crippen LogP contribution is -2.37. The van der Waals surface area contributed by atoms with Crippen molar-refractivity contribution in [3.05, 3.63) is 16.1 Å². The molecule has 1 aromatic rings. The summed E-state index contributed by atoms with van der Waals surface area (Å²) in [5.41, 5.74) is 2.38. The predicted molar refractivity (Wildman–Crippen MR) is 80.6 cm³/mol. The van der Waals surface area contributed by atoms with Crippen LogP contribution in [0.15, 0.2) is 5.51 Å². The van der Waals surface area contributed by atoms with Gasteiger partial charge in [0.1, 0.15) is 12.6 Å². The molecule has 2 amide bonds. The third-order valence-corrected chi connectivity index (χ3v) is 4.83. The van der Waals surface area contributed by atoms with E-state index >= 15 is 0 Å². The van der Waals surface area contributed by atoms with Crippen LogP contribution in [0.2, 0.25) is 0 Å². The van der Waals surface area contributed by atoms with Gasteiger partial charge in [0.25, 0.3) is 6.47 Å². The van der Waals surface area contributed by atoms with Crippen LogP contribution in [0.5, 0.6) is 0 Å². The molecule has 0 bridgehead atoms. The van der Waals surface area contributed by atoms with E-state index in [1.807, 2.05) is 0 Å². The second kappa shape index (κ2) is 7.82. The standard InChI is InChI=1S/C14H18F3N3O3S/c1-10-12(24-8-18-10)11(7-23-9-21)20-6-5-19(13(20)22)4-2-3-14(15,16)17/h8-9,11H,2-7H2,1H3. The first-order valence-corrected chi connectivity index (χ1v) is 8.29. The first-order chi connectivity index (χ1) is 11.3. The van der Waals surface area contributed by atoms with Crippen molar-refractivity contribution in [2.24, 2.45) is 0 Å². The van der Waals surface area contributed by atoms with E-state index in [1.165, 1.54) is 21.1 Å². The first-order valence-electron chi connectivity index (χ1n) is 7.41. The van der Waals surface area contributed by atoms with Crippen molar-refractivity contribution in [3.63, 3.8) is 0 Å². The highest BCUT2D eigenvalue weighted by Gasteiger charge is 2.36. The van der Waals surface area contributed by atoms with E-state index < -0.39 is 18.6 Å². The van der Waals surface area contributed by atoms with Crippen molar-refractivity contribution in [1.82, 2.24) is 14.8 Å². The number of carbonyl (C=O) groups excluding carboxylic acids is 2. The van der Waals surface area contributed by atoms with Gasteiger partial charge in [0.05, 0.1) is 16.1 Å². The quantitative estimate of drug-likeness (QED) is 0.665. The number of thiazole rings is 1. The minimum absolute atomic E-state index is 0.00529. The summed E-state index contributed by atoms with van der Waals surface area (Å²) in [6, 6.07) is -0.813. The van der Waals surface area contributed by atoms with Crippen LogP contribution in [-0.2, 0) is 9.53 Å². The SMILES string of the molecule is Cc1ncsc1C(COC=O)N1CCN(CCCC(F)(F)F)C1=O. The van der Waals surface area contributed by atoms with Crippen LogP contribution < -0.4 is 0 Å². The van der Waals surface area contributed by atoms with Gasteiger partial charge in [0.2, 0.25) is 0 Å². The molecule has 2 heterocycles. The molecule has 6 nitrogen and oxygen atoms in total. The van der Waals surface area contributed by atoms with Crippen molar-refractivity contribution in [1.29, 1.82) is 0 Å². The molecule has 0 aromatic carbocycles. The second-order valence-electron chi connectivity index (χ2n) is 5.43. The molecule has 1 unspecified atom stereocenters. The maximum Gasteiger partial charge on any atom is 0.389 e. The number of aromatic nitrogens is 1. The van der Waals surface area contributed by atoms with Crippen LogP contribution in [0, 0.1) is 6.92 Å². The number of alkyl halides is 3. The molecular weight excluding hydrogens is 347 g/mol. The number of carbonyl (C=O) groups is 2. The van der Waals surface area contributed by atoms with Crippen molar-refractivity contribution < 1.29 is 27.5 Å². The number of rotatable bonds is 8. The summed E-state index contributed by atoms with van der Waals surface area (Å²) in [7, 11) is 0. The molecule has 0 saturated carbocycles. The average Bonchev–Trinajstić information content (AvgIpc) is 3.07. The Hall–Kier alpha value is -1.84. The van der Waals surface area contributed by atoms with E-state index in [2.05, 4.69) is 4.98 Å². The van der Waals surface area contributed by atoms with Gasteiger partial charge in [-0.05, 0) is 13.3 Å². The van der Waals surface area contributed by atoms with Gasteiger partial charge < -0.3 is 14.5 Å². The third kappa shape index (κ3) is 4.59. The first kappa shape index (κ1) is 18.5. The molecule has 1 saturated heterocycles. The fourth-order valence-electron chi connectivity index (χ4n) is 2.64. The number of urea groups is 1. The molecule has 0 N–H and O–H groups in total. The summed E-state index contributed by atoms with van der Waals surface area (Å²) in [6.45, 7) is 2.88. The molecule has 1 aliphatic rings. The van der Waals surface area contributed by atoms with Crippen LogP contribution in [0.1, 0.15) is 29.5 Å². The molecule has 2 rings (SSSR count). The molecule has 10 heteroatoms. The Kier molecular flexibility index (Phi) is 6.03. The van der Waals surface area contributed by atoms with E-state index in [0.29, 0.717) is 19.6 Å². The molecule has 134 valence electrons. The Labute approximate surface area is 141 Å². The number of aryl methyl sites for hydroxylation is 1. The zero-order valence-electron chi connectivity index (χ0n) is 13.1. The molecule has 1 aliphatic heterocycles. The lowest BCUT2D eigenvalue weighted by atomic mass is 10.2. The van der Waals surface area contributed by atoms with Gasteiger partial charge in [-0.2, -0.15) is 13.2 Å². The van der Waals surface area contributed by atoms with E-state index in [0.717, 1.165) is 10.6 Å². The highest BCUT2D eigenvalue weighted by Crippen LogP contribution is 2.31. The van der Waals surface area contributed by atoms with Gasteiger partial charge in [-0.1, -0.05) is 0 Å². The largest absolute Gasteiger partial charge is 0.465 e. The molecular formula is C14H18F3N3O3S. The number of nitrogens with zero attached hydrogens (tertiary/aromatic N) is 3. The summed E-state index contributed by atoms with van der Waals surface area (Å²) >= 11 is 1.35. The monoisotopic (exact) mass is 365 g/mol. The summed E-state index contributed by atoms with van der Waals surface area (Å²) in [6.07, 6.45) is -5.26. The topological polar surface area (TPSA) is 62.7 Å². The van der Waals surface area contributed by atoms with Gasteiger partial charge in [0, 0.05) is 26.1 Å². The fourth-order valence-corrected chi connectivity index (χ4v) is 3.54. The van der Waals surface area contributed by atoms with Crippen LogP contribution in [0.3, 0.4) is 0 Å². The van der Waals surface area contributed by atoms with Gasteiger partial charge >= 0.3 is 12.2 Å². The maximum atomic E-state index is 12.5. The zero-order chi connectivity index (χ0) is 17.7. The number of hydrogen-bond acceptors (Lipinski definition) is 5. The van der Waals surface area contributed by atoms with Crippen molar-refractivity contribution >= 4 is 23.8 Å². The normalized spacial score (nSPS) is 16.6. The zero-order valence-corrected chi connectivity index (χ0v) is 13.9. The Balaban J connectivity index is 2.02. The lowest BCUT2D eigenvalue weighted by Gasteiger charge is -2.26. The Morgan fingerprint density at radius 1 is 1.46 bits per heavy atom. The Morgan fingerprint density at radius 3 is 2.79 bits per heavy atom. The molecule has 0 aliphatic carbocycles. The molecule has 24 heavy (non-hydrogen) atoms. The summed E-state index contributed by atoms with van der Waals surface area (Å²) in [5.74, 6) is 0. The predicted octanol–water partition coefficient (Wildman–Crippen LogP) is 2.75. The molecule has 1 atom stereocenters. The Bertz CT molecular complexity index is 579. The maximum absolute atomic E-state index is 12.5. The smallest absolute Gasteiger partial charge is 0.389 e.